The highest BCUT2D eigenvalue weighted by Crippen LogP contribution is 2.11. The number of hydrogen-bond acceptors (Lipinski definition) is 5. The molecular weight excluding hydrogens is 392 g/mol. The average Bonchev–Trinajstić information content (AvgIpc) is 2.91. The molecule has 2 fully saturated rings. The van der Waals surface area contributed by atoms with Gasteiger partial charge in [0.05, 0.1) is 12.8 Å². The molecule has 0 aromatic heterocycles. The molecule has 0 aromatic rings. The summed E-state index contributed by atoms with van der Waals surface area (Å²) in [7, 11) is -1.55. The maximum atomic E-state index is 12.6. The summed E-state index contributed by atoms with van der Waals surface area (Å²) in [6.45, 7) is 9.57. The first-order valence-electron chi connectivity index (χ1n) is 10.5. The van der Waals surface area contributed by atoms with Gasteiger partial charge in [0, 0.05) is 58.4 Å². The van der Waals surface area contributed by atoms with Crippen molar-refractivity contribution in [3.63, 3.8) is 0 Å². The van der Waals surface area contributed by atoms with Crippen molar-refractivity contribution in [2.24, 2.45) is 4.99 Å². The van der Waals surface area contributed by atoms with E-state index >= 15 is 0 Å². The molecule has 0 bridgehead atoms. The van der Waals surface area contributed by atoms with Gasteiger partial charge in [0.25, 0.3) is 0 Å². The lowest BCUT2D eigenvalue weighted by atomic mass is 10.1. The molecule has 9 nitrogen and oxygen atoms in total. The minimum atomic E-state index is -3.28. The van der Waals surface area contributed by atoms with Gasteiger partial charge in [-0.25, -0.2) is 13.1 Å². The van der Waals surface area contributed by atoms with Crippen molar-refractivity contribution >= 4 is 21.9 Å². The number of guanidine groups is 1. The Morgan fingerprint density at radius 2 is 1.55 bits per heavy atom. The maximum Gasteiger partial charge on any atom is 0.236 e. The number of likely N-dealkylation sites (tertiary alicyclic amines) is 1. The number of piperazine rings is 1. The van der Waals surface area contributed by atoms with Crippen LogP contribution in [0.5, 0.6) is 0 Å². The van der Waals surface area contributed by atoms with Gasteiger partial charge in [0.1, 0.15) is 0 Å². The van der Waals surface area contributed by atoms with E-state index in [9.17, 15) is 13.2 Å². The topological polar surface area (TPSA) is 97.3 Å². The van der Waals surface area contributed by atoms with Gasteiger partial charge in [0.2, 0.25) is 15.9 Å². The van der Waals surface area contributed by atoms with E-state index in [0.717, 1.165) is 64.3 Å². The van der Waals surface area contributed by atoms with Crippen molar-refractivity contribution < 1.29 is 13.2 Å². The molecular formula is C19H38N6O3S. The van der Waals surface area contributed by atoms with Crippen LogP contribution in [0, 0.1) is 0 Å². The summed E-state index contributed by atoms with van der Waals surface area (Å²) in [4.78, 5) is 23.3. The van der Waals surface area contributed by atoms with Crippen molar-refractivity contribution in [3.8, 4) is 0 Å². The van der Waals surface area contributed by atoms with Gasteiger partial charge >= 0.3 is 0 Å². The smallest absolute Gasteiger partial charge is 0.236 e. The third kappa shape index (κ3) is 8.47. The highest BCUT2D eigenvalue weighted by atomic mass is 32.2. The van der Waals surface area contributed by atoms with Crippen LogP contribution in [0.15, 0.2) is 4.99 Å². The number of sulfonamides is 1. The number of carbonyl (C=O) groups excluding carboxylic acids is 1. The van der Waals surface area contributed by atoms with Gasteiger partial charge in [-0.15, -0.1) is 0 Å². The first-order valence-corrected chi connectivity index (χ1v) is 12.4. The molecule has 0 radical (unpaired) electrons. The van der Waals surface area contributed by atoms with E-state index < -0.39 is 15.6 Å². The molecule has 0 aromatic carbocycles. The van der Waals surface area contributed by atoms with Crippen LogP contribution >= 0.6 is 0 Å². The number of nitrogens with zero attached hydrogens (tertiary/aromatic N) is 4. The second-order valence-corrected chi connectivity index (χ2v) is 10.5. The zero-order valence-electron chi connectivity index (χ0n) is 18.4. The zero-order valence-corrected chi connectivity index (χ0v) is 19.2. The van der Waals surface area contributed by atoms with Crippen LogP contribution < -0.4 is 10.0 Å². The Labute approximate surface area is 175 Å². The quantitative estimate of drug-likeness (QED) is 0.452. The van der Waals surface area contributed by atoms with Crippen molar-refractivity contribution in [2.75, 3.05) is 65.7 Å². The fourth-order valence-corrected chi connectivity index (χ4v) is 4.98. The molecule has 0 spiro atoms. The van der Waals surface area contributed by atoms with Crippen LogP contribution in [0.2, 0.25) is 0 Å². The second-order valence-electron chi connectivity index (χ2n) is 8.72. The Bertz CT molecular complexity index is 663. The van der Waals surface area contributed by atoms with E-state index in [4.69, 9.17) is 0 Å². The zero-order chi connectivity index (χ0) is 21.5. The van der Waals surface area contributed by atoms with Gasteiger partial charge in [-0.1, -0.05) is 12.8 Å². The minimum Gasteiger partial charge on any atom is -0.354 e. The number of hydrogen-bond donors (Lipinski definition) is 2. The van der Waals surface area contributed by atoms with Crippen molar-refractivity contribution in [1.82, 2.24) is 24.7 Å². The second kappa shape index (κ2) is 10.6. The molecule has 2 heterocycles. The summed E-state index contributed by atoms with van der Waals surface area (Å²) in [6, 6.07) is 0. The summed E-state index contributed by atoms with van der Waals surface area (Å²) in [5.74, 6) is 1.00. The molecule has 2 aliphatic rings. The molecule has 2 rings (SSSR count). The van der Waals surface area contributed by atoms with Gasteiger partial charge < -0.3 is 15.1 Å². The molecule has 2 saturated heterocycles. The van der Waals surface area contributed by atoms with Crippen molar-refractivity contribution in [1.29, 1.82) is 0 Å². The van der Waals surface area contributed by atoms with Gasteiger partial charge in [-0.3, -0.25) is 14.7 Å². The molecule has 168 valence electrons. The third-order valence-electron chi connectivity index (χ3n) is 5.35. The number of amides is 1. The first-order chi connectivity index (χ1) is 13.6. The van der Waals surface area contributed by atoms with Crippen LogP contribution in [-0.2, 0) is 14.8 Å². The summed E-state index contributed by atoms with van der Waals surface area (Å²) >= 11 is 0. The lowest BCUT2D eigenvalue weighted by Gasteiger charge is -2.37. The predicted molar refractivity (Wildman–Crippen MR) is 116 cm³/mol. The molecule has 1 amide bonds. The largest absolute Gasteiger partial charge is 0.354 e. The lowest BCUT2D eigenvalue weighted by molar-refractivity contribution is -0.132. The van der Waals surface area contributed by atoms with Crippen LogP contribution in [0.4, 0.5) is 0 Å². The number of nitrogens with one attached hydrogen (secondary N) is 2. The van der Waals surface area contributed by atoms with Crippen LogP contribution in [0.1, 0.15) is 39.5 Å². The third-order valence-corrected chi connectivity index (χ3v) is 6.27. The molecule has 0 aliphatic carbocycles. The summed E-state index contributed by atoms with van der Waals surface area (Å²) in [5.41, 5.74) is -0.620. The molecule has 0 atom stereocenters. The van der Waals surface area contributed by atoms with E-state index in [0.29, 0.717) is 13.1 Å². The van der Waals surface area contributed by atoms with Crippen LogP contribution in [0.25, 0.3) is 0 Å². The Morgan fingerprint density at radius 3 is 2.07 bits per heavy atom. The highest BCUT2D eigenvalue weighted by molar-refractivity contribution is 7.88. The average molecular weight is 431 g/mol. The molecule has 0 unspecified atom stereocenters. The minimum absolute atomic E-state index is 0.247. The maximum absolute atomic E-state index is 12.6. The number of rotatable bonds is 6. The Balaban J connectivity index is 1.78. The molecule has 0 saturated carbocycles. The van der Waals surface area contributed by atoms with Gasteiger partial charge in [-0.2, -0.15) is 0 Å². The van der Waals surface area contributed by atoms with E-state index in [1.165, 1.54) is 12.8 Å². The van der Waals surface area contributed by atoms with Crippen molar-refractivity contribution in [3.05, 3.63) is 0 Å². The van der Waals surface area contributed by atoms with Crippen LogP contribution in [0.3, 0.4) is 0 Å². The summed E-state index contributed by atoms with van der Waals surface area (Å²) < 4.78 is 25.6. The van der Waals surface area contributed by atoms with Crippen molar-refractivity contribution in [2.45, 2.75) is 45.1 Å². The van der Waals surface area contributed by atoms with E-state index in [2.05, 4.69) is 24.8 Å². The Kier molecular flexibility index (Phi) is 8.72. The molecule has 29 heavy (non-hydrogen) atoms. The SMILES string of the molecule is CN=C(NCC(C)(C)NS(C)(=O)=O)N1CCN(CC(=O)N2CCCCCC2)CC1. The van der Waals surface area contributed by atoms with E-state index in [-0.39, 0.29) is 5.91 Å². The standard InChI is InChI=1S/C19H38N6O3S/c1-19(2,22-29(4,27)28)16-21-18(20-3)25-13-11-23(12-14-25)15-17(26)24-9-7-5-6-8-10-24/h22H,5-16H2,1-4H3,(H,20,21). The number of carbonyl (C=O) groups is 1. The van der Waals surface area contributed by atoms with Crippen LogP contribution in [-0.4, -0.2) is 106 Å². The first kappa shape index (κ1) is 23.9. The van der Waals surface area contributed by atoms with E-state index in [1.807, 2.05) is 18.7 Å². The fourth-order valence-electron chi connectivity index (χ4n) is 3.90. The molecule has 2 N–H and O–H groups in total. The summed E-state index contributed by atoms with van der Waals surface area (Å²) in [6.07, 6.45) is 5.85. The summed E-state index contributed by atoms with van der Waals surface area (Å²) in [5, 5.41) is 3.27. The normalized spacial score (nSPS) is 20.5. The monoisotopic (exact) mass is 430 g/mol. The highest BCUT2D eigenvalue weighted by Gasteiger charge is 2.26. The Hall–Kier alpha value is -1.39. The lowest BCUT2D eigenvalue weighted by Crippen LogP contribution is -2.57. The molecule has 10 heteroatoms. The van der Waals surface area contributed by atoms with E-state index in [1.54, 1.807) is 7.05 Å². The van der Waals surface area contributed by atoms with Gasteiger partial charge in [-0.05, 0) is 26.7 Å². The van der Waals surface area contributed by atoms with Gasteiger partial charge in [0.15, 0.2) is 5.96 Å². The molecule has 2 aliphatic heterocycles. The fraction of sp³-hybridized carbons (Fsp3) is 0.895. The predicted octanol–water partition coefficient (Wildman–Crippen LogP) is -0.0902. The Morgan fingerprint density at radius 1 is 0.966 bits per heavy atom. The number of aliphatic imine (C=N–C) groups is 1.